The number of aliphatic carboxylic acids is 1. The van der Waals surface area contributed by atoms with Crippen LogP contribution >= 0.6 is 0 Å². The molecular weight excluding hydrogens is 330 g/mol. The summed E-state index contributed by atoms with van der Waals surface area (Å²) in [6.45, 7) is 6.69. The van der Waals surface area contributed by atoms with Gasteiger partial charge in [-0.2, -0.15) is 5.26 Å². The zero-order chi connectivity index (χ0) is 19.2. The first-order valence-electron chi connectivity index (χ1n) is 8.47. The summed E-state index contributed by atoms with van der Waals surface area (Å²) in [4.78, 5) is 12.1. The monoisotopic (exact) mass is 353 g/mol. The standard InChI is InChI=1S/C20H23N3O3/c1-4-22-17-11-8-15(12-18(17)26-5-2)20(3,19(24)25)23-16-9-6-14(13-21)7-10-16/h6-12,22-23H,4-5H2,1-3H3,(H,24,25). The van der Waals surface area contributed by atoms with Crippen LogP contribution in [0.15, 0.2) is 42.5 Å². The molecule has 6 nitrogen and oxygen atoms in total. The van der Waals surface area contributed by atoms with Gasteiger partial charge >= 0.3 is 5.97 Å². The van der Waals surface area contributed by atoms with Gasteiger partial charge in [-0.15, -0.1) is 0 Å². The van der Waals surface area contributed by atoms with Crippen LogP contribution in [-0.4, -0.2) is 24.2 Å². The minimum atomic E-state index is -1.36. The van der Waals surface area contributed by atoms with E-state index in [2.05, 4.69) is 10.6 Å². The molecule has 0 aromatic heterocycles. The number of anilines is 2. The van der Waals surface area contributed by atoms with Crippen molar-refractivity contribution < 1.29 is 14.6 Å². The van der Waals surface area contributed by atoms with E-state index in [1.165, 1.54) is 0 Å². The fourth-order valence-corrected chi connectivity index (χ4v) is 2.61. The molecule has 0 heterocycles. The number of benzene rings is 2. The lowest BCUT2D eigenvalue weighted by atomic mass is 9.91. The van der Waals surface area contributed by atoms with Gasteiger partial charge < -0.3 is 20.5 Å². The van der Waals surface area contributed by atoms with E-state index >= 15 is 0 Å². The number of hydrogen-bond acceptors (Lipinski definition) is 5. The van der Waals surface area contributed by atoms with Gasteiger partial charge in [0.25, 0.3) is 0 Å². The smallest absolute Gasteiger partial charge is 0.333 e. The third-order valence-electron chi connectivity index (χ3n) is 4.06. The minimum absolute atomic E-state index is 0.481. The van der Waals surface area contributed by atoms with Crippen molar-refractivity contribution >= 4 is 17.3 Å². The molecular formula is C20H23N3O3. The molecule has 0 aliphatic rings. The quantitative estimate of drug-likeness (QED) is 0.668. The topological polar surface area (TPSA) is 94.4 Å². The molecule has 0 saturated carbocycles. The van der Waals surface area contributed by atoms with Crippen LogP contribution in [0.4, 0.5) is 11.4 Å². The highest BCUT2D eigenvalue weighted by molar-refractivity contribution is 5.84. The Hall–Kier alpha value is -3.20. The Kier molecular flexibility index (Phi) is 6.07. The number of hydrogen-bond donors (Lipinski definition) is 3. The Bertz CT molecular complexity index is 812. The lowest BCUT2D eigenvalue weighted by Crippen LogP contribution is -2.40. The number of nitrogens with one attached hydrogen (secondary N) is 2. The van der Waals surface area contributed by atoms with Crippen LogP contribution in [0, 0.1) is 11.3 Å². The Morgan fingerprint density at radius 2 is 1.92 bits per heavy atom. The van der Waals surface area contributed by atoms with E-state index in [9.17, 15) is 9.90 Å². The van der Waals surface area contributed by atoms with Gasteiger partial charge in [0, 0.05) is 12.2 Å². The van der Waals surface area contributed by atoms with Gasteiger partial charge in [0.1, 0.15) is 5.75 Å². The van der Waals surface area contributed by atoms with E-state index in [1.807, 2.05) is 26.0 Å². The second kappa shape index (κ2) is 8.26. The molecule has 0 aliphatic heterocycles. The van der Waals surface area contributed by atoms with Gasteiger partial charge in [-0.05, 0) is 62.7 Å². The molecule has 0 amide bonds. The van der Waals surface area contributed by atoms with Crippen molar-refractivity contribution in [1.29, 1.82) is 5.26 Å². The lowest BCUT2D eigenvalue weighted by molar-refractivity contribution is -0.142. The van der Waals surface area contributed by atoms with Gasteiger partial charge in [0.15, 0.2) is 5.54 Å². The average molecular weight is 353 g/mol. The largest absolute Gasteiger partial charge is 0.492 e. The number of nitrogens with zero attached hydrogens (tertiary/aromatic N) is 1. The maximum absolute atomic E-state index is 12.1. The SMILES string of the molecule is CCNc1ccc(C(C)(Nc2ccc(C#N)cc2)C(=O)O)cc1OCC. The van der Waals surface area contributed by atoms with E-state index in [0.717, 1.165) is 12.2 Å². The molecule has 2 rings (SSSR count). The third kappa shape index (κ3) is 4.06. The number of carbonyl (C=O) groups is 1. The van der Waals surface area contributed by atoms with Gasteiger partial charge in [-0.3, -0.25) is 0 Å². The van der Waals surface area contributed by atoms with E-state index in [1.54, 1.807) is 43.3 Å². The first-order valence-corrected chi connectivity index (χ1v) is 8.47. The Balaban J connectivity index is 2.42. The molecule has 0 bridgehead atoms. The normalized spacial score (nSPS) is 12.5. The van der Waals surface area contributed by atoms with E-state index in [0.29, 0.717) is 29.2 Å². The molecule has 0 radical (unpaired) electrons. The summed E-state index contributed by atoms with van der Waals surface area (Å²) in [5.41, 5.74) is 1.16. The zero-order valence-corrected chi connectivity index (χ0v) is 15.2. The molecule has 3 N–H and O–H groups in total. The number of rotatable bonds is 8. The Morgan fingerprint density at radius 3 is 2.46 bits per heavy atom. The van der Waals surface area contributed by atoms with E-state index in [4.69, 9.17) is 10.00 Å². The summed E-state index contributed by atoms with van der Waals surface area (Å²) in [6.07, 6.45) is 0. The van der Waals surface area contributed by atoms with Crippen molar-refractivity contribution in [3.8, 4) is 11.8 Å². The third-order valence-corrected chi connectivity index (χ3v) is 4.06. The average Bonchev–Trinajstić information content (AvgIpc) is 2.64. The predicted octanol–water partition coefficient (Wildman–Crippen LogP) is 3.80. The second-order valence-corrected chi connectivity index (χ2v) is 5.92. The van der Waals surface area contributed by atoms with Crippen LogP contribution in [0.5, 0.6) is 5.75 Å². The van der Waals surface area contributed by atoms with Crippen LogP contribution in [0.1, 0.15) is 31.9 Å². The molecule has 0 spiro atoms. The van der Waals surface area contributed by atoms with Crippen molar-refractivity contribution in [3.63, 3.8) is 0 Å². The summed E-state index contributed by atoms with van der Waals surface area (Å²) in [6, 6.07) is 14.0. The Morgan fingerprint density at radius 1 is 1.23 bits per heavy atom. The molecule has 2 aromatic rings. The molecule has 2 aromatic carbocycles. The Labute approximate surface area is 153 Å². The minimum Gasteiger partial charge on any atom is -0.492 e. The van der Waals surface area contributed by atoms with Crippen LogP contribution in [-0.2, 0) is 10.3 Å². The second-order valence-electron chi connectivity index (χ2n) is 5.92. The molecule has 1 atom stereocenters. The summed E-state index contributed by atoms with van der Waals surface area (Å²) in [5, 5.41) is 25.0. The van der Waals surface area contributed by atoms with Crippen molar-refractivity contribution in [2.45, 2.75) is 26.3 Å². The van der Waals surface area contributed by atoms with Crippen molar-refractivity contribution in [3.05, 3.63) is 53.6 Å². The molecule has 26 heavy (non-hydrogen) atoms. The van der Waals surface area contributed by atoms with Crippen LogP contribution in [0.25, 0.3) is 0 Å². The fourth-order valence-electron chi connectivity index (χ4n) is 2.61. The highest BCUT2D eigenvalue weighted by Gasteiger charge is 2.36. The molecule has 0 saturated heterocycles. The highest BCUT2D eigenvalue weighted by Crippen LogP contribution is 2.33. The van der Waals surface area contributed by atoms with Gasteiger partial charge in [-0.1, -0.05) is 6.07 Å². The van der Waals surface area contributed by atoms with Crippen LogP contribution in [0.3, 0.4) is 0 Å². The maximum atomic E-state index is 12.1. The van der Waals surface area contributed by atoms with Crippen LogP contribution < -0.4 is 15.4 Å². The first kappa shape index (κ1) is 19.1. The maximum Gasteiger partial charge on any atom is 0.333 e. The molecule has 1 unspecified atom stereocenters. The summed E-state index contributed by atoms with van der Waals surface area (Å²) in [7, 11) is 0. The summed E-state index contributed by atoms with van der Waals surface area (Å²) < 4.78 is 5.67. The highest BCUT2D eigenvalue weighted by atomic mass is 16.5. The first-order chi connectivity index (χ1) is 12.4. The molecule has 0 fully saturated rings. The number of ether oxygens (including phenoxy) is 1. The van der Waals surface area contributed by atoms with E-state index < -0.39 is 11.5 Å². The van der Waals surface area contributed by atoms with Gasteiger partial charge in [0.05, 0.1) is 23.9 Å². The fraction of sp³-hybridized carbons (Fsp3) is 0.300. The number of carboxylic acids is 1. The molecule has 136 valence electrons. The van der Waals surface area contributed by atoms with Gasteiger partial charge in [0.2, 0.25) is 0 Å². The lowest BCUT2D eigenvalue weighted by Gasteiger charge is -2.29. The van der Waals surface area contributed by atoms with Crippen LogP contribution in [0.2, 0.25) is 0 Å². The molecule has 6 heteroatoms. The summed E-state index contributed by atoms with van der Waals surface area (Å²) >= 11 is 0. The van der Waals surface area contributed by atoms with Crippen molar-refractivity contribution in [2.75, 3.05) is 23.8 Å². The zero-order valence-electron chi connectivity index (χ0n) is 15.2. The van der Waals surface area contributed by atoms with Gasteiger partial charge in [-0.25, -0.2) is 4.79 Å². The predicted molar refractivity (Wildman–Crippen MR) is 102 cm³/mol. The van der Waals surface area contributed by atoms with Crippen molar-refractivity contribution in [1.82, 2.24) is 0 Å². The number of nitriles is 1. The summed E-state index contributed by atoms with van der Waals surface area (Å²) in [5.74, 6) is -0.401. The van der Waals surface area contributed by atoms with Crippen molar-refractivity contribution in [2.24, 2.45) is 0 Å². The van der Waals surface area contributed by atoms with E-state index in [-0.39, 0.29) is 0 Å². The number of carboxylic acid groups (broad SMARTS) is 1. The molecule has 0 aliphatic carbocycles.